The van der Waals surface area contributed by atoms with Crippen molar-refractivity contribution >= 4 is 0 Å². The molecule has 2 N–H and O–H groups in total. The van der Waals surface area contributed by atoms with Gasteiger partial charge in [-0.1, -0.05) is 26.0 Å². The van der Waals surface area contributed by atoms with Gasteiger partial charge in [-0.3, -0.25) is 0 Å². The lowest BCUT2D eigenvalue weighted by atomic mass is 10.0. The zero-order valence-corrected chi connectivity index (χ0v) is 11.1. The van der Waals surface area contributed by atoms with Crippen LogP contribution in [-0.2, 0) is 0 Å². The van der Waals surface area contributed by atoms with Crippen LogP contribution >= 0.6 is 0 Å². The molecule has 0 radical (unpaired) electrons. The van der Waals surface area contributed by atoms with Crippen LogP contribution in [0, 0.1) is 5.92 Å². The highest BCUT2D eigenvalue weighted by molar-refractivity contribution is 5.30. The Balaban J connectivity index is 2.78. The summed E-state index contributed by atoms with van der Waals surface area (Å²) in [5.74, 6) is 1.36. The number of aliphatic hydroxyl groups excluding tert-OH is 1. The standard InChI is InChI=1S/C14H23NO2/c1-10(2)11(3)15-14(9-16)12-6-5-7-13(8-12)17-4/h5-8,10-11,14-16H,9H2,1-4H3. The third kappa shape index (κ3) is 4.02. The van der Waals surface area contributed by atoms with Gasteiger partial charge in [0.15, 0.2) is 0 Å². The van der Waals surface area contributed by atoms with E-state index in [9.17, 15) is 5.11 Å². The third-order valence-corrected chi connectivity index (χ3v) is 3.14. The molecular weight excluding hydrogens is 214 g/mol. The van der Waals surface area contributed by atoms with Gasteiger partial charge < -0.3 is 15.2 Å². The van der Waals surface area contributed by atoms with Crippen LogP contribution in [-0.4, -0.2) is 24.9 Å². The molecule has 1 aromatic rings. The molecule has 0 aliphatic rings. The summed E-state index contributed by atoms with van der Waals surface area (Å²) < 4.78 is 5.19. The topological polar surface area (TPSA) is 41.5 Å². The minimum atomic E-state index is -0.0394. The van der Waals surface area contributed by atoms with E-state index in [4.69, 9.17) is 4.74 Å². The average molecular weight is 237 g/mol. The van der Waals surface area contributed by atoms with E-state index in [1.807, 2.05) is 24.3 Å². The summed E-state index contributed by atoms with van der Waals surface area (Å²) in [5, 5.41) is 12.9. The molecule has 1 rings (SSSR count). The van der Waals surface area contributed by atoms with E-state index in [0.717, 1.165) is 11.3 Å². The van der Waals surface area contributed by atoms with E-state index < -0.39 is 0 Å². The van der Waals surface area contributed by atoms with Gasteiger partial charge in [0, 0.05) is 6.04 Å². The average Bonchev–Trinajstić information content (AvgIpc) is 2.35. The predicted molar refractivity (Wildman–Crippen MR) is 70.3 cm³/mol. The fourth-order valence-corrected chi connectivity index (χ4v) is 1.62. The molecule has 0 bridgehead atoms. The third-order valence-electron chi connectivity index (χ3n) is 3.14. The lowest BCUT2D eigenvalue weighted by Gasteiger charge is -2.24. The summed E-state index contributed by atoms with van der Waals surface area (Å²) in [5.41, 5.74) is 1.05. The summed E-state index contributed by atoms with van der Waals surface area (Å²) >= 11 is 0. The van der Waals surface area contributed by atoms with Crippen LogP contribution in [0.1, 0.15) is 32.4 Å². The second-order valence-corrected chi connectivity index (χ2v) is 4.71. The minimum absolute atomic E-state index is 0.0394. The number of methoxy groups -OCH3 is 1. The van der Waals surface area contributed by atoms with Crippen LogP contribution in [0.3, 0.4) is 0 Å². The van der Waals surface area contributed by atoms with E-state index in [-0.39, 0.29) is 12.6 Å². The number of hydrogen-bond acceptors (Lipinski definition) is 3. The van der Waals surface area contributed by atoms with Crippen molar-refractivity contribution in [3.8, 4) is 5.75 Å². The molecule has 0 saturated heterocycles. The summed E-state index contributed by atoms with van der Waals surface area (Å²) in [6.07, 6.45) is 0. The second kappa shape index (κ2) is 6.62. The lowest BCUT2D eigenvalue weighted by Crippen LogP contribution is -2.36. The summed E-state index contributed by atoms with van der Waals surface area (Å²) in [7, 11) is 1.65. The van der Waals surface area contributed by atoms with E-state index in [1.165, 1.54) is 0 Å². The van der Waals surface area contributed by atoms with Gasteiger partial charge >= 0.3 is 0 Å². The molecular formula is C14H23NO2. The van der Waals surface area contributed by atoms with Crippen LogP contribution in [0.25, 0.3) is 0 Å². The van der Waals surface area contributed by atoms with Crippen LogP contribution in [0.2, 0.25) is 0 Å². The second-order valence-electron chi connectivity index (χ2n) is 4.71. The molecule has 0 amide bonds. The first kappa shape index (κ1) is 14.0. The maximum atomic E-state index is 9.47. The highest BCUT2D eigenvalue weighted by Gasteiger charge is 2.15. The number of hydrogen-bond donors (Lipinski definition) is 2. The van der Waals surface area contributed by atoms with Crippen molar-refractivity contribution in [2.75, 3.05) is 13.7 Å². The molecule has 2 atom stereocenters. The Labute approximate surface area is 104 Å². The van der Waals surface area contributed by atoms with Gasteiger partial charge in [-0.05, 0) is 30.5 Å². The highest BCUT2D eigenvalue weighted by Crippen LogP contribution is 2.20. The Morgan fingerprint density at radius 2 is 2.00 bits per heavy atom. The highest BCUT2D eigenvalue weighted by atomic mass is 16.5. The molecule has 0 saturated carbocycles. The molecule has 17 heavy (non-hydrogen) atoms. The molecule has 2 unspecified atom stereocenters. The maximum absolute atomic E-state index is 9.47. The monoisotopic (exact) mass is 237 g/mol. The fraction of sp³-hybridized carbons (Fsp3) is 0.571. The Kier molecular flexibility index (Phi) is 5.45. The van der Waals surface area contributed by atoms with Gasteiger partial charge in [0.25, 0.3) is 0 Å². The normalized spacial score (nSPS) is 14.7. The zero-order chi connectivity index (χ0) is 12.8. The molecule has 3 nitrogen and oxygen atoms in total. The van der Waals surface area contributed by atoms with Gasteiger partial charge in [-0.15, -0.1) is 0 Å². The van der Waals surface area contributed by atoms with Gasteiger partial charge in [0.1, 0.15) is 5.75 Å². The van der Waals surface area contributed by atoms with Crippen LogP contribution in [0.4, 0.5) is 0 Å². The van der Waals surface area contributed by atoms with Crippen molar-refractivity contribution in [2.45, 2.75) is 32.9 Å². The van der Waals surface area contributed by atoms with Crippen molar-refractivity contribution in [1.82, 2.24) is 5.32 Å². The Morgan fingerprint density at radius 1 is 1.29 bits per heavy atom. The first-order valence-electron chi connectivity index (χ1n) is 6.09. The van der Waals surface area contributed by atoms with Crippen LogP contribution in [0.15, 0.2) is 24.3 Å². The van der Waals surface area contributed by atoms with Crippen LogP contribution < -0.4 is 10.1 Å². The molecule has 1 aromatic carbocycles. The molecule has 0 aliphatic heterocycles. The molecule has 0 aliphatic carbocycles. The van der Waals surface area contributed by atoms with Crippen molar-refractivity contribution in [1.29, 1.82) is 0 Å². The van der Waals surface area contributed by atoms with E-state index in [1.54, 1.807) is 7.11 Å². The Bertz CT molecular complexity index is 339. The van der Waals surface area contributed by atoms with Crippen molar-refractivity contribution in [3.63, 3.8) is 0 Å². The van der Waals surface area contributed by atoms with Gasteiger partial charge in [-0.25, -0.2) is 0 Å². The number of ether oxygens (including phenoxy) is 1. The Morgan fingerprint density at radius 3 is 2.53 bits per heavy atom. The molecule has 0 aromatic heterocycles. The van der Waals surface area contributed by atoms with Crippen LogP contribution in [0.5, 0.6) is 5.75 Å². The molecule has 96 valence electrons. The van der Waals surface area contributed by atoms with E-state index in [2.05, 4.69) is 26.1 Å². The molecule has 0 heterocycles. The zero-order valence-electron chi connectivity index (χ0n) is 11.1. The molecule has 3 heteroatoms. The molecule has 0 spiro atoms. The fourth-order valence-electron chi connectivity index (χ4n) is 1.62. The first-order chi connectivity index (χ1) is 8.08. The van der Waals surface area contributed by atoms with Crippen molar-refractivity contribution in [2.24, 2.45) is 5.92 Å². The van der Waals surface area contributed by atoms with E-state index >= 15 is 0 Å². The van der Waals surface area contributed by atoms with Gasteiger partial charge in [-0.2, -0.15) is 0 Å². The summed E-state index contributed by atoms with van der Waals surface area (Å²) in [6.45, 7) is 6.55. The van der Waals surface area contributed by atoms with E-state index in [0.29, 0.717) is 12.0 Å². The van der Waals surface area contributed by atoms with Crippen molar-refractivity contribution < 1.29 is 9.84 Å². The first-order valence-corrected chi connectivity index (χ1v) is 6.09. The smallest absolute Gasteiger partial charge is 0.119 e. The predicted octanol–water partition coefficient (Wildman–Crippen LogP) is 2.36. The van der Waals surface area contributed by atoms with Gasteiger partial charge in [0.2, 0.25) is 0 Å². The van der Waals surface area contributed by atoms with Crippen molar-refractivity contribution in [3.05, 3.63) is 29.8 Å². The quantitative estimate of drug-likeness (QED) is 0.798. The minimum Gasteiger partial charge on any atom is -0.497 e. The summed E-state index contributed by atoms with van der Waals surface area (Å²) in [6, 6.07) is 8.13. The molecule has 0 fully saturated rings. The number of benzene rings is 1. The lowest BCUT2D eigenvalue weighted by molar-refractivity contribution is 0.225. The number of rotatable bonds is 6. The largest absolute Gasteiger partial charge is 0.497 e. The maximum Gasteiger partial charge on any atom is 0.119 e. The Hall–Kier alpha value is -1.06. The van der Waals surface area contributed by atoms with Gasteiger partial charge in [0.05, 0.1) is 19.8 Å². The SMILES string of the molecule is COc1cccc(C(CO)NC(C)C(C)C)c1. The number of nitrogens with one attached hydrogen (secondary N) is 1. The number of aliphatic hydroxyl groups is 1. The summed E-state index contributed by atoms with van der Waals surface area (Å²) in [4.78, 5) is 0.